The van der Waals surface area contributed by atoms with Crippen LogP contribution in [0, 0.1) is 11.8 Å². The highest BCUT2D eigenvalue weighted by molar-refractivity contribution is 9.10. The fraction of sp³-hybridized carbons (Fsp3) is 0.742. The molecule has 1 saturated carbocycles. The largest absolute Gasteiger partial charge is 0.416 e. The van der Waals surface area contributed by atoms with Crippen LogP contribution in [0.3, 0.4) is 0 Å². The summed E-state index contributed by atoms with van der Waals surface area (Å²) in [5.41, 5.74) is 1.19. The van der Waals surface area contributed by atoms with Crippen molar-refractivity contribution in [1.29, 1.82) is 0 Å². The minimum absolute atomic E-state index is 0.0156. The third-order valence-electron chi connectivity index (χ3n) is 9.22. The fourth-order valence-corrected chi connectivity index (χ4v) is 7.47. The average molecular weight is 638 g/mol. The first-order valence-corrected chi connectivity index (χ1v) is 18.7. The van der Waals surface area contributed by atoms with E-state index in [0.717, 1.165) is 36.6 Å². The number of ether oxygens (including phenoxy) is 2. The Hall–Kier alpha value is -1.26. The van der Waals surface area contributed by atoms with Crippen LogP contribution in [0.15, 0.2) is 28.7 Å². The van der Waals surface area contributed by atoms with Crippen molar-refractivity contribution >= 4 is 36.1 Å². The predicted octanol–water partition coefficient (Wildman–Crippen LogP) is 6.06. The summed E-state index contributed by atoms with van der Waals surface area (Å²) in [6.07, 6.45) is 5.13. The molecule has 0 aromatic heterocycles. The van der Waals surface area contributed by atoms with E-state index in [9.17, 15) is 9.59 Å². The van der Waals surface area contributed by atoms with Crippen LogP contribution in [0.5, 0.6) is 0 Å². The van der Waals surface area contributed by atoms with E-state index in [1.807, 2.05) is 26.0 Å². The molecule has 3 fully saturated rings. The van der Waals surface area contributed by atoms with Gasteiger partial charge in [-0.1, -0.05) is 68.1 Å². The molecule has 9 heteroatoms. The molecule has 1 aliphatic carbocycles. The number of carbonyl (C=O) groups excluding carboxylic acids is 2. The fourth-order valence-electron chi connectivity index (χ4n) is 5.94. The molecule has 4 atom stereocenters. The van der Waals surface area contributed by atoms with Gasteiger partial charge < -0.3 is 24.1 Å². The van der Waals surface area contributed by atoms with E-state index in [1.54, 1.807) is 4.90 Å². The van der Waals surface area contributed by atoms with Crippen molar-refractivity contribution < 1.29 is 23.5 Å². The maximum absolute atomic E-state index is 13.9. The Labute approximate surface area is 250 Å². The smallest absolute Gasteiger partial charge is 0.245 e. The lowest BCUT2D eigenvalue weighted by Crippen LogP contribution is -2.53. The third kappa shape index (κ3) is 7.57. The Kier molecular flexibility index (Phi) is 9.93. The van der Waals surface area contributed by atoms with E-state index in [0.29, 0.717) is 19.7 Å². The van der Waals surface area contributed by atoms with Gasteiger partial charge in [-0.2, -0.15) is 0 Å². The zero-order valence-electron chi connectivity index (χ0n) is 25.4. The summed E-state index contributed by atoms with van der Waals surface area (Å²) in [6, 6.07) is 7.61. The highest BCUT2D eigenvalue weighted by atomic mass is 79.9. The zero-order valence-corrected chi connectivity index (χ0v) is 28.0. The van der Waals surface area contributed by atoms with Crippen LogP contribution in [0.2, 0.25) is 18.1 Å². The summed E-state index contributed by atoms with van der Waals surface area (Å²) < 4.78 is 20.0. The van der Waals surface area contributed by atoms with Gasteiger partial charge in [0, 0.05) is 29.5 Å². The van der Waals surface area contributed by atoms with E-state index in [1.165, 1.54) is 12.0 Å². The summed E-state index contributed by atoms with van der Waals surface area (Å²) in [7, 11) is -1.97. The SMILES string of the molecule is CC1(C)O[C@H]2[C@H](CN(C(=O)C3CCCCC3)[C@@H]2C(=O)NC[C@@H](CO[Si](C)(C)C(C)(C)C)Cc2cccc(Br)c2)O1. The van der Waals surface area contributed by atoms with E-state index in [-0.39, 0.29) is 34.8 Å². The van der Waals surface area contributed by atoms with Crippen LogP contribution in [0.4, 0.5) is 0 Å². The van der Waals surface area contributed by atoms with Crippen molar-refractivity contribution in [3.8, 4) is 0 Å². The van der Waals surface area contributed by atoms with Gasteiger partial charge in [-0.05, 0) is 68.9 Å². The Morgan fingerprint density at radius 2 is 1.88 bits per heavy atom. The molecule has 40 heavy (non-hydrogen) atoms. The van der Waals surface area contributed by atoms with Gasteiger partial charge in [0.2, 0.25) is 11.8 Å². The highest BCUT2D eigenvalue weighted by Crippen LogP contribution is 2.39. The lowest BCUT2D eigenvalue weighted by molar-refractivity contribution is -0.171. The van der Waals surface area contributed by atoms with E-state index in [4.69, 9.17) is 13.9 Å². The lowest BCUT2D eigenvalue weighted by atomic mass is 9.88. The molecule has 0 radical (unpaired) electrons. The summed E-state index contributed by atoms with van der Waals surface area (Å²) in [5, 5.41) is 3.32. The monoisotopic (exact) mass is 636 g/mol. The molecule has 3 aliphatic rings. The van der Waals surface area contributed by atoms with E-state index >= 15 is 0 Å². The van der Waals surface area contributed by atoms with Crippen LogP contribution in [-0.4, -0.2) is 68.8 Å². The minimum atomic E-state index is -1.97. The van der Waals surface area contributed by atoms with Gasteiger partial charge >= 0.3 is 0 Å². The molecule has 0 unspecified atom stereocenters. The van der Waals surface area contributed by atoms with Crippen molar-refractivity contribution in [2.24, 2.45) is 11.8 Å². The highest BCUT2D eigenvalue weighted by Gasteiger charge is 2.57. The van der Waals surface area contributed by atoms with Crippen molar-refractivity contribution in [3.63, 3.8) is 0 Å². The molecule has 2 saturated heterocycles. The summed E-state index contributed by atoms with van der Waals surface area (Å²) in [5.74, 6) is -0.785. The standard InChI is InChI=1S/C31H49BrN2O5Si/c1-30(2,3)40(6,7)37-20-22(16-21-12-11-15-24(32)17-21)18-33-28(35)26-27-25(38-31(4,5)39-27)19-34(26)29(36)23-13-9-8-10-14-23/h11-12,15,17,22-23,25-27H,8-10,13-14,16,18-20H2,1-7H3,(H,33,35)/t22-,25-,26-,27-/m0/s1. The lowest BCUT2D eigenvalue weighted by Gasteiger charge is -2.37. The number of fused-ring (bicyclic) bond motifs is 1. The molecule has 0 bridgehead atoms. The molecule has 2 heterocycles. The average Bonchev–Trinajstić information content (AvgIpc) is 3.36. The van der Waals surface area contributed by atoms with Gasteiger partial charge in [0.15, 0.2) is 14.1 Å². The molecule has 0 spiro atoms. The predicted molar refractivity (Wildman–Crippen MR) is 163 cm³/mol. The van der Waals surface area contributed by atoms with Gasteiger partial charge in [-0.3, -0.25) is 9.59 Å². The molecule has 1 aromatic rings. The van der Waals surface area contributed by atoms with Crippen LogP contribution in [-0.2, 0) is 29.9 Å². The maximum Gasteiger partial charge on any atom is 0.245 e. The van der Waals surface area contributed by atoms with Gasteiger partial charge in [0.25, 0.3) is 0 Å². The van der Waals surface area contributed by atoms with Crippen LogP contribution in [0.1, 0.15) is 72.3 Å². The first-order chi connectivity index (χ1) is 18.7. The molecule has 1 N–H and O–H groups in total. The molecule has 1 aromatic carbocycles. The third-order valence-corrected chi connectivity index (χ3v) is 14.2. The number of benzene rings is 1. The van der Waals surface area contributed by atoms with Crippen molar-refractivity contribution in [3.05, 3.63) is 34.3 Å². The van der Waals surface area contributed by atoms with Crippen molar-refractivity contribution in [2.45, 2.75) is 115 Å². The number of likely N-dealkylation sites (tertiary alicyclic amines) is 1. The van der Waals surface area contributed by atoms with Crippen molar-refractivity contribution in [2.75, 3.05) is 19.7 Å². The molecule has 4 rings (SSSR count). The summed E-state index contributed by atoms with van der Waals surface area (Å²) >= 11 is 3.59. The van der Waals surface area contributed by atoms with Crippen LogP contribution in [0.25, 0.3) is 0 Å². The van der Waals surface area contributed by atoms with Gasteiger partial charge in [0.05, 0.1) is 6.54 Å². The number of halogens is 1. The zero-order chi connectivity index (χ0) is 29.3. The molecule has 7 nitrogen and oxygen atoms in total. The summed E-state index contributed by atoms with van der Waals surface area (Å²) in [4.78, 5) is 29.3. The second kappa shape index (κ2) is 12.5. The van der Waals surface area contributed by atoms with Gasteiger partial charge in [-0.15, -0.1) is 0 Å². The van der Waals surface area contributed by atoms with Gasteiger partial charge in [0.1, 0.15) is 18.2 Å². The normalized spacial score (nSPS) is 26.0. The number of amides is 2. The Morgan fingerprint density at radius 3 is 2.52 bits per heavy atom. The van der Waals surface area contributed by atoms with E-state index < -0.39 is 26.3 Å². The van der Waals surface area contributed by atoms with E-state index in [2.05, 4.69) is 67.2 Å². The topological polar surface area (TPSA) is 77.1 Å². The Bertz CT molecular complexity index is 1050. The van der Waals surface area contributed by atoms with Crippen molar-refractivity contribution in [1.82, 2.24) is 10.2 Å². The quantitative estimate of drug-likeness (QED) is 0.334. The molecular formula is C31H49BrN2O5Si. The second-order valence-electron chi connectivity index (χ2n) is 13.9. The number of rotatable bonds is 9. The van der Waals surface area contributed by atoms with Crippen LogP contribution >= 0.6 is 15.9 Å². The van der Waals surface area contributed by atoms with Crippen LogP contribution < -0.4 is 5.32 Å². The second-order valence-corrected chi connectivity index (χ2v) is 19.7. The first-order valence-electron chi connectivity index (χ1n) is 15.0. The number of carbonyl (C=O) groups is 2. The van der Waals surface area contributed by atoms with Gasteiger partial charge in [-0.25, -0.2) is 0 Å². The molecule has 2 aliphatic heterocycles. The number of hydrogen-bond donors (Lipinski definition) is 1. The Balaban J connectivity index is 1.49. The maximum atomic E-state index is 13.9. The number of nitrogens with one attached hydrogen (secondary N) is 1. The number of hydrogen-bond acceptors (Lipinski definition) is 5. The first kappa shape index (κ1) is 31.7. The molecule has 224 valence electrons. The minimum Gasteiger partial charge on any atom is -0.416 e. The summed E-state index contributed by atoms with van der Waals surface area (Å²) in [6.45, 7) is 16.4. The molecular weight excluding hydrogens is 588 g/mol. The molecule has 2 amide bonds. The number of nitrogens with zero attached hydrogens (tertiary/aromatic N) is 1. The Morgan fingerprint density at radius 1 is 1.18 bits per heavy atom.